The van der Waals surface area contributed by atoms with Gasteiger partial charge in [0, 0.05) is 17.5 Å². The van der Waals surface area contributed by atoms with Crippen LogP contribution in [0, 0.1) is 0 Å². The van der Waals surface area contributed by atoms with E-state index < -0.39 is 0 Å². The molecule has 1 rings (SSSR count). The molecular weight excluding hydrogens is 256 g/mol. The summed E-state index contributed by atoms with van der Waals surface area (Å²) in [6, 6.07) is 7.92. The number of rotatable bonds is 5. The average Bonchev–Trinajstić information content (AvgIpc) is 2.35. The van der Waals surface area contributed by atoms with Crippen LogP contribution in [0.1, 0.15) is 17.3 Å². The molecule has 3 nitrogen and oxygen atoms in total. The molecule has 1 aromatic carbocycles. The van der Waals surface area contributed by atoms with E-state index in [1.54, 1.807) is 11.8 Å². The first-order valence-corrected chi connectivity index (χ1v) is 6.50. The Morgan fingerprint density at radius 3 is 2.65 bits per heavy atom. The summed E-state index contributed by atoms with van der Waals surface area (Å²) in [7, 11) is 1.88. The van der Waals surface area contributed by atoms with Gasteiger partial charge in [0.1, 0.15) is 0 Å². The second-order valence-electron chi connectivity index (χ2n) is 3.60. The molecule has 5 heteroatoms. The van der Waals surface area contributed by atoms with Gasteiger partial charge in [0.2, 0.25) is 0 Å². The van der Waals surface area contributed by atoms with E-state index in [-0.39, 0.29) is 24.4 Å². The van der Waals surface area contributed by atoms with Crippen molar-refractivity contribution in [2.24, 2.45) is 0 Å². The monoisotopic (exact) mass is 274 g/mol. The predicted octanol–water partition coefficient (Wildman–Crippen LogP) is 2.17. The van der Waals surface area contributed by atoms with Crippen LogP contribution in [-0.2, 0) is 0 Å². The molecule has 0 aliphatic carbocycles. The summed E-state index contributed by atoms with van der Waals surface area (Å²) in [5.41, 5.74) is 0.748. The second-order valence-corrected chi connectivity index (χ2v) is 4.45. The van der Waals surface area contributed by atoms with E-state index in [2.05, 4.69) is 10.6 Å². The van der Waals surface area contributed by atoms with Crippen LogP contribution in [0.2, 0.25) is 0 Å². The van der Waals surface area contributed by atoms with Gasteiger partial charge in [-0.15, -0.1) is 24.2 Å². The largest absolute Gasteiger partial charge is 0.350 e. The molecule has 1 atom stereocenters. The van der Waals surface area contributed by atoms with E-state index >= 15 is 0 Å². The molecule has 0 radical (unpaired) electrons. The fourth-order valence-electron chi connectivity index (χ4n) is 1.28. The summed E-state index contributed by atoms with van der Waals surface area (Å²) in [5.74, 6) is -0.00736. The van der Waals surface area contributed by atoms with Gasteiger partial charge in [-0.05, 0) is 32.4 Å². The minimum atomic E-state index is -0.00736. The SMILES string of the molecule is CNC(C)CNC(=O)c1ccccc1SC.Cl. The van der Waals surface area contributed by atoms with Crippen LogP contribution in [0.4, 0.5) is 0 Å². The van der Waals surface area contributed by atoms with E-state index in [1.807, 2.05) is 44.5 Å². The standard InChI is InChI=1S/C12H18N2OS.ClH/c1-9(13-2)8-14-12(15)10-6-4-5-7-11(10)16-3;/h4-7,9,13H,8H2,1-3H3,(H,14,15);1H. The molecule has 2 N–H and O–H groups in total. The number of carbonyl (C=O) groups excluding carboxylic acids is 1. The van der Waals surface area contributed by atoms with Gasteiger partial charge in [-0.1, -0.05) is 12.1 Å². The van der Waals surface area contributed by atoms with E-state index in [4.69, 9.17) is 0 Å². The Bertz CT molecular complexity index is 360. The summed E-state index contributed by atoms with van der Waals surface area (Å²) >= 11 is 1.59. The van der Waals surface area contributed by atoms with Crippen molar-refractivity contribution in [3.8, 4) is 0 Å². The van der Waals surface area contributed by atoms with Crippen molar-refractivity contribution in [2.75, 3.05) is 19.8 Å². The first kappa shape index (κ1) is 16.3. The number of amides is 1. The summed E-state index contributed by atoms with van der Waals surface area (Å²) in [5, 5.41) is 5.99. The summed E-state index contributed by atoms with van der Waals surface area (Å²) in [6.07, 6.45) is 1.97. The third-order valence-corrected chi connectivity index (χ3v) is 3.21. The molecule has 0 fully saturated rings. The molecule has 0 aromatic heterocycles. The Morgan fingerprint density at radius 2 is 2.06 bits per heavy atom. The van der Waals surface area contributed by atoms with Crippen LogP contribution in [0.25, 0.3) is 0 Å². The zero-order valence-electron chi connectivity index (χ0n) is 10.3. The smallest absolute Gasteiger partial charge is 0.252 e. The van der Waals surface area contributed by atoms with Crippen LogP contribution in [-0.4, -0.2) is 31.8 Å². The zero-order chi connectivity index (χ0) is 12.0. The number of hydrogen-bond donors (Lipinski definition) is 2. The highest BCUT2D eigenvalue weighted by molar-refractivity contribution is 7.98. The minimum absolute atomic E-state index is 0. The van der Waals surface area contributed by atoms with E-state index in [0.29, 0.717) is 6.54 Å². The third kappa shape index (κ3) is 4.98. The third-order valence-electron chi connectivity index (χ3n) is 2.41. The lowest BCUT2D eigenvalue weighted by Crippen LogP contribution is -2.37. The molecule has 1 amide bonds. The van der Waals surface area contributed by atoms with Crippen molar-refractivity contribution < 1.29 is 4.79 Å². The van der Waals surface area contributed by atoms with Crippen LogP contribution in [0.5, 0.6) is 0 Å². The summed E-state index contributed by atoms with van der Waals surface area (Å²) in [6.45, 7) is 2.67. The highest BCUT2D eigenvalue weighted by atomic mass is 35.5. The molecule has 0 saturated carbocycles. The Morgan fingerprint density at radius 1 is 1.41 bits per heavy atom. The Labute approximate surface area is 113 Å². The van der Waals surface area contributed by atoms with Gasteiger partial charge in [0.15, 0.2) is 0 Å². The first-order valence-electron chi connectivity index (χ1n) is 5.27. The van der Waals surface area contributed by atoms with E-state index in [9.17, 15) is 4.79 Å². The number of halogens is 1. The highest BCUT2D eigenvalue weighted by Gasteiger charge is 2.10. The van der Waals surface area contributed by atoms with Gasteiger partial charge in [-0.25, -0.2) is 0 Å². The number of benzene rings is 1. The van der Waals surface area contributed by atoms with E-state index in [0.717, 1.165) is 10.5 Å². The topological polar surface area (TPSA) is 41.1 Å². The van der Waals surface area contributed by atoms with Crippen molar-refractivity contribution in [2.45, 2.75) is 17.9 Å². The lowest BCUT2D eigenvalue weighted by Gasteiger charge is -2.12. The second kappa shape index (κ2) is 8.39. The van der Waals surface area contributed by atoms with Crippen molar-refractivity contribution in [1.29, 1.82) is 0 Å². The fourth-order valence-corrected chi connectivity index (χ4v) is 1.87. The molecule has 1 aromatic rings. The number of nitrogens with one attached hydrogen (secondary N) is 2. The van der Waals surface area contributed by atoms with Crippen LogP contribution < -0.4 is 10.6 Å². The van der Waals surface area contributed by atoms with Gasteiger partial charge in [-0.2, -0.15) is 0 Å². The average molecular weight is 275 g/mol. The maximum Gasteiger partial charge on any atom is 0.252 e. The molecule has 0 spiro atoms. The molecule has 17 heavy (non-hydrogen) atoms. The van der Waals surface area contributed by atoms with Crippen molar-refractivity contribution >= 4 is 30.1 Å². The maximum absolute atomic E-state index is 11.9. The molecule has 1 unspecified atom stereocenters. The maximum atomic E-state index is 11.9. The molecule has 0 saturated heterocycles. The highest BCUT2D eigenvalue weighted by Crippen LogP contribution is 2.19. The number of likely N-dealkylation sites (N-methyl/N-ethyl adjacent to an activating group) is 1. The number of hydrogen-bond acceptors (Lipinski definition) is 3. The van der Waals surface area contributed by atoms with Gasteiger partial charge < -0.3 is 10.6 Å². The molecule has 96 valence electrons. The van der Waals surface area contributed by atoms with E-state index in [1.165, 1.54) is 0 Å². The summed E-state index contributed by atoms with van der Waals surface area (Å²) in [4.78, 5) is 12.9. The first-order chi connectivity index (χ1) is 7.69. The molecule has 0 aliphatic heterocycles. The van der Waals surface area contributed by atoms with Gasteiger partial charge in [-0.3, -0.25) is 4.79 Å². The van der Waals surface area contributed by atoms with Gasteiger partial charge in [0.05, 0.1) is 5.56 Å². The van der Waals surface area contributed by atoms with Crippen molar-refractivity contribution in [3.63, 3.8) is 0 Å². The normalized spacial score (nSPS) is 11.5. The minimum Gasteiger partial charge on any atom is -0.350 e. The molecule has 0 heterocycles. The molecule has 0 aliphatic rings. The lowest BCUT2D eigenvalue weighted by atomic mass is 10.2. The zero-order valence-corrected chi connectivity index (χ0v) is 12.0. The van der Waals surface area contributed by atoms with Crippen LogP contribution >= 0.6 is 24.2 Å². The fraction of sp³-hybridized carbons (Fsp3) is 0.417. The predicted molar refractivity (Wildman–Crippen MR) is 76.3 cm³/mol. The number of thioether (sulfide) groups is 1. The molecule has 0 bridgehead atoms. The van der Waals surface area contributed by atoms with Crippen molar-refractivity contribution in [1.82, 2.24) is 10.6 Å². The summed E-state index contributed by atoms with van der Waals surface area (Å²) < 4.78 is 0. The Hall–Kier alpha value is -0.710. The van der Waals surface area contributed by atoms with Crippen LogP contribution in [0.3, 0.4) is 0 Å². The number of carbonyl (C=O) groups is 1. The van der Waals surface area contributed by atoms with Crippen molar-refractivity contribution in [3.05, 3.63) is 29.8 Å². The Balaban J connectivity index is 0.00000256. The lowest BCUT2D eigenvalue weighted by molar-refractivity contribution is 0.0947. The quantitative estimate of drug-likeness (QED) is 0.809. The Kier molecular flexibility index (Phi) is 8.04. The molecular formula is C12H19ClN2OS. The van der Waals surface area contributed by atoms with Crippen LogP contribution in [0.15, 0.2) is 29.2 Å². The van der Waals surface area contributed by atoms with Gasteiger partial charge in [0.25, 0.3) is 5.91 Å². The van der Waals surface area contributed by atoms with Gasteiger partial charge >= 0.3 is 0 Å².